The summed E-state index contributed by atoms with van der Waals surface area (Å²) in [5, 5.41) is 2.51. The van der Waals surface area contributed by atoms with Crippen LogP contribution in [-0.2, 0) is 4.79 Å². The van der Waals surface area contributed by atoms with E-state index in [-0.39, 0.29) is 13.1 Å². The van der Waals surface area contributed by atoms with Crippen molar-refractivity contribution in [3.05, 3.63) is 0 Å². The number of carbonyl (C=O) groups is 1. The second-order valence-corrected chi connectivity index (χ2v) is 3.38. The van der Waals surface area contributed by atoms with Gasteiger partial charge in [-0.3, -0.25) is 4.79 Å². The first-order valence-electron chi connectivity index (χ1n) is 4.54. The first-order valence-corrected chi connectivity index (χ1v) is 4.54. The van der Waals surface area contributed by atoms with Gasteiger partial charge in [0.1, 0.15) is 0 Å². The number of rotatable bonds is 4. The number of likely N-dealkylation sites (N-methyl/N-ethyl adjacent to an activating group) is 2. The number of alkyl halides is 6. The minimum absolute atomic E-state index is 0.102. The first-order chi connectivity index (χ1) is 7.51. The van der Waals surface area contributed by atoms with Crippen molar-refractivity contribution >= 4 is 5.91 Å². The zero-order valence-corrected chi connectivity index (χ0v) is 9.11. The highest BCUT2D eigenvalue weighted by molar-refractivity contribution is 5.80. The molecule has 3 nitrogen and oxygen atoms in total. The van der Waals surface area contributed by atoms with Crippen molar-refractivity contribution in [2.45, 2.75) is 12.4 Å². The van der Waals surface area contributed by atoms with Crippen molar-refractivity contribution in [1.29, 1.82) is 0 Å². The van der Waals surface area contributed by atoms with Crippen molar-refractivity contribution in [3.8, 4) is 0 Å². The van der Waals surface area contributed by atoms with E-state index >= 15 is 0 Å². The summed E-state index contributed by atoms with van der Waals surface area (Å²) < 4.78 is 73.0. The summed E-state index contributed by atoms with van der Waals surface area (Å²) in [4.78, 5) is 11.5. The molecule has 1 amide bonds. The smallest absolute Gasteiger partial charge is 0.344 e. The molecule has 0 aromatic heterocycles. The highest BCUT2D eigenvalue weighted by atomic mass is 19.4. The van der Waals surface area contributed by atoms with Gasteiger partial charge in [-0.15, -0.1) is 0 Å². The predicted octanol–water partition coefficient (Wildman–Crippen LogP) is 1.40. The second kappa shape index (κ2) is 5.56. The van der Waals surface area contributed by atoms with Crippen molar-refractivity contribution in [1.82, 2.24) is 10.2 Å². The topological polar surface area (TPSA) is 32.3 Å². The largest absolute Gasteiger partial charge is 0.409 e. The molecule has 0 aliphatic heterocycles. The summed E-state index contributed by atoms with van der Waals surface area (Å²) in [6.45, 7) is -0.136. The molecule has 0 aliphatic carbocycles. The average molecular weight is 266 g/mol. The molecule has 0 fully saturated rings. The third kappa shape index (κ3) is 4.80. The Morgan fingerprint density at radius 3 is 1.88 bits per heavy atom. The third-order valence-electron chi connectivity index (χ3n) is 1.98. The lowest BCUT2D eigenvalue weighted by Gasteiger charge is -2.26. The number of carbonyl (C=O) groups excluding carboxylic acids is 1. The monoisotopic (exact) mass is 266 g/mol. The summed E-state index contributed by atoms with van der Waals surface area (Å²) in [5.41, 5.74) is 0. The molecule has 0 unspecified atom stereocenters. The Balaban J connectivity index is 4.90. The molecule has 1 N–H and O–H groups in total. The van der Waals surface area contributed by atoms with E-state index in [0.717, 1.165) is 7.05 Å². The molecule has 102 valence electrons. The van der Waals surface area contributed by atoms with E-state index in [9.17, 15) is 31.1 Å². The van der Waals surface area contributed by atoms with Gasteiger partial charge in [0, 0.05) is 20.1 Å². The molecule has 0 saturated heterocycles. The molecule has 0 aliphatic rings. The van der Waals surface area contributed by atoms with Crippen LogP contribution >= 0.6 is 0 Å². The fourth-order valence-electron chi connectivity index (χ4n) is 1.08. The Morgan fingerprint density at radius 1 is 1.18 bits per heavy atom. The maximum Gasteiger partial charge on any atom is 0.409 e. The normalized spacial score (nSPS) is 13.0. The molecular weight excluding hydrogens is 254 g/mol. The predicted molar refractivity (Wildman–Crippen MR) is 47.2 cm³/mol. The Hall–Kier alpha value is -0.990. The standard InChI is InChI=1S/C8H12F6N2O/c1-15-3-4-16(2)6(17)5(7(9,10)11)8(12,13)14/h5,15H,3-4H2,1-2H3. The summed E-state index contributed by atoms with van der Waals surface area (Å²) in [5.74, 6) is -5.96. The van der Waals surface area contributed by atoms with E-state index in [1.165, 1.54) is 7.05 Å². The number of amides is 1. The summed E-state index contributed by atoms with van der Waals surface area (Å²) >= 11 is 0. The zero-order valence-electron chi connectivity index (χ0n) is 9.11. The van der Waals surface area contributed by atoms with Crippen LogP contribution in [0.3, 0.4) is 0 Å². The van der Waals surface area contributed by atoms with Gasteiger partial charge in [-0.2, -0.15) is 26.3 Å². The van der Waals surface area contributed by atoms with Gasteiger partial charge in [-0.05, 0) is 7.05 Å². The fraction of sp³-hybridized carbons (Fsp3) is 0.875. The lowest BCUT2D eigenvalue weighted by molar-refractivity contribution is -0.277. The highest BCUT2D eigenvalue weighted by Gasteiger charge is 2.61. The average Bonchev–Trinajstić information content (AvgIpc) is 2.09. The van der Waals surface area contributed by atoms with Gasteiger partial charge in [0.05, 0.1) is 0 Å². The zero-order chi connectivity index (χ0) is 13.9. The minimum atomic E-state index is -5.64. The number of hydrogen-bond donors (Lipinski definition) is 1. The molecule has 0 rings (SSSR count). The number of nitrogens with zero attached hydrogens (tertiary/aromatic N) is 1. The molecule has 0 aromatic carbocycles. The fourth-order valence-corrected chi connectivity index (χ4v) is 1.08. The van der Waals surface area contributed by atoms with Crippen LogP contribution in [0, 0.1) is 5.92 Å². The van der Waals surface area contributed by atoms with Gasteiger partial charge in [-0.1, -0.05) is 0 Å². The summed E-state index contributed by atoms with van der Waals surface area (Å²) in [6.07, 6.45) is -11.3. The van der Waals surface area contributed by atoms with Gasteiger partial charge in [0.15, 0.2) is 0 Å². The summed E-state index contributed by atoms with van der Waals surface area (Å²) in [6, 6.07) is 0. The number of halogens is 6. The Labute approximate surface area is 93.8 Å². The maximum atomic E-state index is 12.2. The van der Waals surface area contributed by atoms with Crippen molar-refractivity contribution in [2.75, 3.05) is 27.2 Å². The molecular formula is C8H12F6N2O. The summed E-state index contributed by atoms with van der Waals surface area (Å²) in [7, 11) is 2.35. The molecule has 9 heteroatoms. The molecule has 0 spiro atoms. The second-order valence-electron chi connectivity index (χ2n) is 3.38. The third-order valence-corrected chi connectivity index (χ3v) is 1.98. The van der Waals surface area contributed by atoms with Crippen LogP contribution in [-0.4, -0.2) is 50.3 Å². The molecule has 0 heterocycles. The number of nitrogens with one attached hydrogen (secondary N) is 1. The Kier molecular flexibility index (Phi) is 5.24. The first kappa shape index (κ1) is 16.0. The van der Waals surface area contributed by atoms with Crippen LogP contribution in [0.15, 0.2) is 0 Å². The Bertz CT molecular complexity index is 248. The quantitative estimate of drug-likeness (QED) is 0.780. The van der Waals surface area contributed by atoms with Gasteiger partial charge >= 0.3 is 12.4 Å². The van der Waals surface area contributed by atoms with E-state index in [1.807, 2.05) is 0 Å². The van der Waals surface area contributed by atoms with Gasteiger partial charge < -0.3 is 10.2 Å². The van der Waals surface area contributed by atoms with Crippen LogP contribution in [0.1, 0.15) is 0 Å². The molecule has 0 atom stereocenters. The van der Waals surface area contributed by atoms with E-state index < -0.39 is 24.2 Å². The van der Waals surface area contributed by atoms with E-state index in [1.54, 1.807) is 0 Å². The van der Waals surface area contributed by atoms with Crippen LogP contribution < -0.4 is 5.32 Å². The SMILES string of the molecule is CNCCN(C)C(=O)C(C(F)(F)F)C(F)(F)F. The Morgan fingerprint density at radius 2 is 1.59 bits per heavy atom. The maximum absolute atomic E-state index is 12.2. The molecule has 0 bridgehead atoms. The van der Waals surface area contributed by atoms with E-state index in [2.05, 4.69) is 5.32 Å². The van der Waals surface area contributed by atoms with Gasteiger partial charge in [0.2, 0.25) is 11.8 Å². The highest BCUT2D eigenvalue weighted by Crippen LogP contribution is 2.40. The van der Waals surface area contributed by atoms with Crippen LogP contribution in [0.5, 0.6) is 0 Å². The van der Waals surface area contributed by atoms with E-state index in [4.69, 9.17) is 0 Å². The van der Waals surface area contributed by atoms with Crippen molar-refractivity contribution < 1.29 is 31.1 Å². The van der Waals surface area contributed by atoms with Crippen LogP contribution in [0.25, 0.3) is 0 Å². The molecule has 17 heavy (non-hydrogen) atoms. The number of hydrogen-bond acceptors (Lipinski definition) is 2. The lowest BCUT2D eigenvalue weighted by Crippen LogP contribution is -2.49. The van der Waals surface area contributed by atoms with Crippen LogP contribution in [0.2, 0.25) is 0 Å². The molecule has 0 saturated carbocycles. The molecule has 0 radical (unpaired) electrons. The van der Waals surface area contributed by atoms with Gasteiger partial charge in [-0.25, -0.2) is 0 Å². The van der Waals surface area contributed by atoms with Gasteiger partial charge in [0.25, 0.3) is 0 Å². The van der Waals surface area contributed by atoms with Crippen LogP contribution in [0.4, 0.5) is 26.3 Å². The van der Waals surface area contributed by atoms with Crippen molar-refractivity contribution in [3.63, 3.8) is 0 Å². The van der Waals surface area contributed by atoms with Crippen molar-refractivity contribution in [2.24, 2.45) is 5.92 Å². The minimum Gasteiger partial charge on any atom is -0.344 e. The lowest BCUT2D eigenvalue weighted by atomic mass is 10.1. The van der Waals surface area contributed by atoms with E-state index in [0.29, 0.717) is 4.90 Å². The molecule has 0 aromatic rings.